The van der Waals surface area contributed by atoms with Gasteiger partial charge in [-0.25, -0.2) is 8.78 Å². The maximum atomic E-state index is 12.5. The van der Waals surface area contributed by atoms with Gasteiger partial charge < -0.3 is 10.2 Å². The summed E-state index contributed by atoms with van der Waals surface area (Å²) in [6.07, 6.45) is 0. The van der Waals surface area contributed by atoms with Crippen LogP contribution in [0.5, 0.6) is 0 Å². The zero-order valence-corrected chi connectivity index (χ0v) is 8.13. The Morgan fingerprint density at radius 2 is 2.00 bits per heavy atom. The summed E-state index contributed by atoms with van der Waals surface area (Å²) in [6.45, 7) is 1.11. The van der Waals surface area contributed by atoms with Crippen molar-refractivity contribution in [2.45, 2.75) is 25.8 Å². The van der Waals surface area contributed by atoms with Crippen molar-refractivity contribution in [3.8, 4) is 0 Å². The summed E-state index contributed by atoms with van der Waals surface area (Å²) in [4.78, 5) is 10.6. The highest BCUT2D eigenvalue weighted by Crippen LogP contribution is 2.11. The van der Waals surface area contributed by atoms with E-state index in [1.807, 2.05) is 0 Å². The normalized spacial score (nSPS) is 14.4. The van der Waals surface area contributed by atoms with Gasteiger partial charge in [-0.3, -0.25) is 10.1 Å². The van der Waals surface area contributed by atoms with E-state index in [0.717, 1.165) is 0 Å². The predicted molar refractivity (Wildman–Crippen MR) is 46.3 cm³/mol. The first kappa shape index (κ1) is 13.2. The minimum Gasteiger partial charge on any atom is -0.480 e. The van der Waals surface area contributed by atoms with Gasteiger partial charge in [0.25, 0.3) is 5.92 Å². The quantitative estimate of drug-likeness (QED) is 0.591. The third-order valence-electron chi connectivity index (χ3n) is 1.74. The van der Waals surface area contributed by atoms with Crippen molar-refractivity contribution in [2.75, 3.05) is 13.2 Å². The van der Waals surface area contributed by atoms with Gasteiger partial charge in [0, 0.05) is 0 Å². The first-order chi connectivity index (χ1) is 6.30. The third kappa shape index (κ3) is 4.48. The summed E-state index contributed by atoms with van der Waals surface area (Å²) in [6, 6.07) is -1.02. The van der Waals surface area contributed by atoms with Gasteiger partial charge in [0.05, 0.1) is 6.54 Å². The summed E-state index contributed by atoms with van der Waals surface area (Å²) in [5.41, 5.74) is 0. The van der Waals surface area contributed by atoms with Crippen LogP contribution < -0.4 is 5.32 Å². The van der Waals surface area contributed by atoms with Crippen LogP contribution in [0.1, 0.15) is 13.8 Å². The average Bonchev–Trinajstić information content (AvgIpc) is 2.03. The van der Waals surface area contributed by atoms with E-state index in [1.54, 1.807) is 13.8 Å². The van der Waals surface area contributed by atoms with Crippen molar-refractivity contribution >= 4 is 5.97 Å². The molecular formula is C8H15F2NO3. The van der Waals surface area contributed by atoms with E-state index in [2.05, 4.69) is 5.32 Å². The average molecular weight is 211 g/mol. The first-order valence-electron chi connectivity index (χ1n) is 4.25. The molecule has 0 bridgehead atoms. The number of hydrogen-bond donors (Lipinski definition) is 3. The maximum absolute atomic E-state index is 12.5. The molecule has 0 aliphatic heterocycles. The van der Waals surface area contributed by atoms with Crippen molar-refractivity contribution in [2.24, 2.45) is 5.92 Å². The molecular weight excluding hydrogens is 196 g/mol. The van der Waals surface area contributed by atoms with E-state index >= 15 is 0 Å². The number of carboxylic acid groups (broad SMARTS) is 1. The van der Waals surface area contributed by atoms with Gasteiger partial charge in [-0.2, -0.15) is 0 Å². The lowest BCUT2D eigenvalue weighted by atomic mass is 10.0. The summed E-state index contributed by atoms with van der Waals surface area (Å²) < 4.78 is 25.1. The van der Waals surface area contributed by atoms with Gasteiger partial charge in [-0.05, 0) is 5.92 Å². The second kappa shape index (κ2) is 5.21. The number of nitrogens with one attached hydrogen (secondary N) is 1. The van der Waals surface area contributed by atoms with Crippen molar-refractivity contribution in [3.63, 3.8) is 0 Å². The Morgan fingerprint density at radius 1 is 1.50 bits per heavy atom. The van der Waals surface area contributed by atoms with Gasteiger partial charge in [-0.15, -0.1) is 0 Å². The Kier molecular flexibility index (Phi) is 4.93. The lowest BCUT2D eigenvalue weighted by Crippen LogP contribution is -2.47. The zero-order valence-electron chi connectivity index (χ0n) is 8.13. The Morgan fingerprint density at radius 3 is 2.29 bits per heavy atom. The minimum atomic E-state index is -3.28. The standard InChI is InChI=1S/C8H15F2NO3/c1-5(2)6(7(13)14)11-3-8(9,10)4-12/h5-6,11-12H,3-4H2,1-2H3,(H,13,14). The summed E-state index contributed by atoms with van der Waals surface area (Å²) >= 11 is 0. The Balaban J connectivity index is 4.14. The fraction of sp³-hybridized carbons (Fsp3) is 0.875. The lowest BCUT2D eigenvalue weighted by molar-refractivity contribution is -0.141. The number of hydrogen-bond acceptors (Lipinski definition) is 3. The van der Waals surface area contributed by atoms with Crippen LogP contribution in [0.4, 0.5) is 8.78 Å². The molecule has 0 aromatic carbocycles. The van der Waals surface area contributed by atoms with Crippen molar-refractivity contribution in [3.05, 3.63) is 0 Å². The van der Waals surface area contributed by atoms with Crippen LogP contribution in [0, 0.1) is 5.92 Å². The lowest BCUT2D eigenvalue weighted by Gasteiger charge is -2.21. The molecule has 0 saturated heterocycles. The largest absolute Gasteiger partial charge is 0.480 e. The molecule has 0 heterocycles. The molecule has 84 valence electrons. The topological polar surface area (TPSA) is 69.6 Å². The molecule has 0 aliphatic carbocycles. The van der Waals surface area contributed by atoms with E-state index in [9.17, 15) is 13.6 Å². The molecule has 0 aromatic heterocycles. The van der Waals surface area contributed by atoms with Crippen LogP contribution in [0.25, 0.3) is 0 Å². The highest BCUT2D eigenvalue weighted by molar-refractivity contribution is 5.73. The molecule has 1 unspecified atom stereocenters. The number of alkyl halides is 2. The number of aliphatic hydroxyl groups excluding tert-OH is 1. The molecule has 0 fully saturated rings. The van der Waals surface area contributed by atoms with E-state index < -0.39 is 31.1 Å². The van der Waals surface area contributed by atoms with E-state index in [-0.39, 0.29) is 5.92 Å². The van der Waals surface area contributed by atoms with E-state index in [1.165, 1.54) is 0 Å². The molecule has 0 spiro atoms. The van der Waals surface area contributed by atoms with Crippen molar-refractivity contribution in [1.82, 2.24) is 5.32 Å². The number of halogens is 2. The van der Waals surface area contributed by atoms with Gasteiger partial charge in [-0.1, -0.05) is 13.8 Å². The minimum absolute atomic E-state index is 0.290. The van der Waals surface area contributed by atoms with Crippen molar-refractivity contribution < 1.29 is 23.8 Å². The molecule has 14 heavy (non-hydrogen) atoms. The van der Waals surface area contributed by atoms with Crippen LogP contribution in [0.2, 0.25) is 0 Å². The van der Waals surface area contributed by atoms with E-state index in [4.69, 9.17) is 10.2 Å². The molecule has 3 N–H and O–H groups in total. The van der Waals surface area contributed by atoms with Gasteiger partial charge in [0.1, 0.15) is 12.6 Å². The summed E-state index contributed by atoms with van der Waals surface area (Å²) in [7, 11) is 0. The molecule has 0 saturated carbocycles. The second-order valence-electron chi connectivity index (χ2n) is 3.45. The third-order valence-corrected chi connectivity index (χ3v) is 1.74. The highest BCUT2D eigenvalue weighted by Gasteiger charge is 2.31. The smallest absolute Gasteiger partial charge is 0.320 e. The summed E-state index contributed by atoms with van der Waals surface area (Å²) in [5, 5.41) is 19.1. The Labute approximate surface area is 80.9 Å². The summed E-state index contributed by atoms with van der Waals surface area (Å²) in [5.74, 6) is -4.74. The van der Waals surface area contributed by atoms with Crippen LogP contribution in [-0.2, 0) is 4.79 Å². The van der Waals surface area contributed by atoms with Crippen molar-refractivity contribution in [1.29, 1.82) is 0 Å². The fourth-order valence-corrected chi connectivity index (χ4v) is 0.923. The molecule has 4 nitrogen and oxygen atoms in total. The number of aliphatic hydroxyl groups is 1. The molecule has 0 rings (SSSR count). The molecule has 0 aromatic rings. The first-order valence-corrected chi connectivity index (χ1v) is 4.25. The maximum Gasteiger partial charge on any atom is 0.320 e. The number of carbonyl (C=O) groups is 1. The zero-order chi connectivity index (χ0) is 11.4. The predicted octanol–water partition coefficient (Wildman–Crippen LogP) is 0.313. The Hall–Kier alpha value is -0.750. The van der Waals surface area contributed by atoms with Crippen LogP contribution >= 0.6 is 0 Å². The van der Waals surface area contributed by atoms with Gasteiger partial charge in [0.2, 0.25) is 0 Å². The van der Waals surface area contributed by atoms with Gasteiger partial charge in [0.15, 0.2) is 0 Å². The van der Waals surface area contributed by atoms with E-state index in [0.29, 0.717) is 0 Å². The number of aliphatic carboxylic acids is 1. The molecule has 0 radical (unpaired) electrons. The van der Waals surface area contributed by atoms with Crippen LogP contribution in [0.3, 0.4) is 0 Å². The monoisotopic (exact) mass is 211 g/mol. The van der Waals surface area contributed by atoms with Crippen LogP contribution in [-0.4, -0.2) is 41.3 Å². The second-order valence-corrected chi connectivity index (χ2v) is 3.45. The highest BCUT2D eigenvalue weighted by atomic mass is 19.3. The number of carboxylic acids is 1. The fourth-order valence-electron chi connectivity index (χ4n) is 0.923. The van der Waals surface area contributed by atoms with Crippen LogP contribution in [0.15, 0.2) is 0 Å². The molecule has 1 atom stereocenters. The molecule has 0 amide bonds. The Bertz CT molecular complexity index is 197. The molecule has 6 heteroatoms. The molecule has 0 aliphatic rings. The van der Waals surface area contributed by atoms with Gasteiger partial charge >= 0.3 is 5.97 Å². The SMILES string of the molecule is CC(C)C(NCC(F)(F)CO)C(=O)O. The number of rotatable bonds is 6.